The Bertz CT molecular complexity index is 438. The molecule has 0 spiro atoms. The Labute approximate surface area is 112 Å². The number of benzene rings is 1. The molecular formula is C14H18ClFN2. The maximum absolute atomic E-state index is 13.7. The van der Waals surface area contributed by atoms with E-state index in [1.807, 2.05) is 0 Å². The lowest BCUT2D eigenvalue weighted by Gasteiger charge is -2.35. The predicted octanol–water partition coefficient (Wildman–Crippen LogP) is 3.52. The van der Waals surface area contributed by atoms with Crippen LogP contribution in [0, 0.1) is 5.82 Å². The van der Waals surface area contributed by atoms with Gasteiger partial charge in [-0.2, -0.15) is 0 Å². The summed E-state index contributed by atoms with van der Waals surface area (Å²) in [5.41, 5.74) is 0.541. The predicted molar refractivity (Wildman–Crippen MR) is 72.6 cm³/mol. The molecule has 2 heterocycles. The summed E-state index contributed by atoms with van der Waals surface area (Å²) in [5.74, 6) is -0.215. The molecule has 2 unspecified atom stereocenters. The molecule has 2 saturated heterocycles. The summed E-state index contributed by atoms with van der Waals surface area (Å²) in [6.07, 6.45) is 4.80. The van der Waals surface area contributed by atoms with Crippen molar-refractivity contribution in [2.45, 2.75) is 37.8 Å². The fourth-order valence-electron chi connectivity index (χ4n) is 3.18. The van der Waals surface area contributed by atoms with Gasteiger partial charge in [-0.25, -0.2) is 4.39 Å². The first-order valence-electron chi connectivity index (χ1n) is 6.68. The quantitative estimate of drug-likeness (QED) is 0.883. The summed E-state index contributed by atoms with van der Waals surface area (Å²) in [4.78, 5) is 2.56. The summed E-state index contributed by atoms with van der Waals surface area (Å²) in [7, 11) is 0. The zero-order valence-electron chi connectivity index (χ0n) is 10.3. The molecule has 0 aromatic heterocycles. The van der Waals surface area contributed by atoms with Gasteiger partial charge in [0.1, 0.15) is 5.82 Å². The Kier molecular flexibility index (Phi) is 3.44. The van der Waals surface area contributed by atoms with Crippen molar-refractivity contribution in [1.82, 2.24) is 4.90 Å². The van der Waals surface area contributed by atoms with Crippen molar-refractivity contribution in [3.05, 3.63) is 29.0 Å². The average Bonchev–Trinajstić information content (AvgIpc) is 2.81. The molecule has 18 heavy (non-hydrogen) atoms. The van der Waals surface area contributed by atoms with E-state index in [1.165, 1.54) is 25.5 Å². The van der Waals surface area contributed by atoms with Gasteiger partial charge in [0.05, 0.1) is 5.69 Å². The van der Waals surface area contributed by atoms with Crippen LogP contribution in [-0.2, 0) is 0 Å². The average molecular weight is 269 g/mol. The molecule has 0 radical (unpaired) electrons. The minimum absolute atomic E-state index is 0.215. The molecule has 1 aromatic rings. The smallest absolute Gasteiger partial charge is 0.146 e. The number of hydrogen-bond donors (Lipinski definition) is 1. The third-order valence-electron chi connectivity index (χ3n) is 4.11. The molecule has 0 aliphatic carbocycles. The van der Waals surface area contributed by atoms with Gasteiger partial charge in [0.15, 0.2) is 0 Å². The van der Waals surface area contributed by atoms with Gasteiger partial charge >= 0.3 is 0 Å². The Morgan fingerprint density at radius 2 is 2.17 bits per heavy atom. The van der Waals surface area contributed by atoms with Crippen LogP contribution in [0.4, 0.5) is 10.1 Å². The van der Waals surface area contributed by atoms with E-state index >= 15 is 0 Å². The number of fused-ring (bicyclic) bond motifs is 1. The minimum atomic E-state index is -0.215. The first-order valence-corrected chi connectivity index (χ1v) is 7.06. The Morgan fingerprint density at radius 1 is 1.28 bits per heavy atom. The van der Waals surface area contributed by atoms with Crippen LogP contribution in [0.25, 0.3) is 0 Å². The zero-order valence-corrected chi connectivity index (χ0v) is 11.1. The van der Waals surface area contributed by atoms with Gasteiger partial charge in [-0.1, -0.05) is 11.6 Å². The van der Waals surface area contributed by atoms with Crippen LogP contribution >= 0.6 is 11.6 Å². The third kappa shape index (κ3) is 2.47. The van der Waals surface area contributed by atoms with E-state index in [9.17, 15) is 4.39 Å². The van der Waals surface area contributed by atoms with Crippen molar-refractivity contribution in [3.8, 4) is 0 Å². The van der Waals surface area contributed by atoms with Crippen molar-refractivity contribution < 1.29 is 4.39 Å². The normalized spacial score (nSPS) is 28.1. The number of halogens is 2. The van der Waals surface area contributed by atoms with Gasteiger partial charge < -0.3 is 10.2 Å². The summed E-state index contributed by atoms with van der Waals surface area (Å²) in [5, 5.41) is 3.90. The van der Waals surface area contributed by atoms with Gasteiger partial charge in [0, 0.05) is 23.7 Å². The second kappa shape index (κ2) is 5.06. The van der Waals surface area contributed by atoms with Gasteiger partial charge in [0.25, 0.3) is 0 Å². The molecule has 0 amide bonds. The lowest BCUT2D eigenvalue weighted by molar-refractivity contribution is 0.188. The van der Waals surface area contributed by atoms with Crippen molar-refractivity contribution in [1.29, 1.82) is 0 Å². The van der Waals surface area contributed by atoms with E-state index in [0.717, 1.165) is 19.4 Å². The maximum Gasteiger partial charge on any atom is 0.146 e. The summed E-state index contributed by atoms with van der Waals surface area (Å²) in [6, 6.07) is 5.75. The lowest BCUT2D eigenvalue weighted by Crippen LogP contribution is -2.42. The number of piperidine rings is 1. The maximum atomic E-state index is 13.7. The van der Waals surface area contributed by atoms with Crippen LogP contribution in [0.2, 0.25) is 5.02 Å². The van der Waals surface area contributed by atoms with Gasteiger partial charge in [-0.15, -0.1) is 0 Å². The number of anilines is 1. The van der Waals surface area contributed by atoms with Crippen LogP contribution < -0.4 is 5.32 Å². The van der Waals surface area contributed by atoms with Gasteiger partial charge in [-0.3, -0.25) is 0 Å². The van der Waals surface area contributed by atoms with Crippen LogP contribution in [0.3, 0.4) is 0 Å². The molecule has 1 N–H and O–H groups in total. The molecule has 2 aliphatic rings. The molecule has 1 aromatic carbocycles. The molecule has 2 atom stereocenters. The van der Waals surface area contributed by atoms with E-state index in [0.29, 0.717) is 22.8 Å². The topological polar surface area (TPSA) is 15.3 Å². The second-order valence-corrected chi connectivity index (χ2v) is 5.76. The monoisotopic (exact) mass is 268 g/mol. The minimum Gasteiger partial charge on any atom is -0.380 e. The number of rotatable bonds is 2. The van der Waals surface area contributed by atoms with E-state index in [-0.39, 0.29) is 5.82 Å². The fraction of sp³-hybridized carbons (Fsp3) is 0.571. The molecule has 98 valence electrons. The third-order valence-corrected chi connectivity index (χ3v) is 4.34. The standard InChI is InChI=1S/C14H18ClFN2/c15-10-3-4-13(16)14(8-10)17-11-5-7-18-6-1-2-12(18)9-11/h3-4,8,11-12,17H,1-2,5-7,9H2. The van der Waals surface area contributed by atoms with Crippen molar-refractivity contribution >= 4 is 17.3 Å². The van der Waals surface area contributed by atoms with Crippen molar-refractivity contribution in [2.75, 3.05) is 18.4 Å². The number of nitrogens with one attached hydrogen (secondary N) is 1. The molecule has 4 heteroatoms. The van der Waals surface area contributed by atoms with Crippen LogP contribution in [-0.4, -0.2) is 30.1 Å². The van der Waals surface area contributed by atoms with Gasteiger partial charge in [-0.05, 0) is 50.4 Å². The fourth-order valence-corrected chi connectivity index (χ4v) is 3.36. The Morgan fingerprint density at radius 3 is 3.06 bits per heavy atom. The molecule has 2 fully saturated rings. The largest absolute Gasteiger partial charge is 0.380 e. The van der Waals surface area contributed by atoms with E-state index in [2.05, 4.69) is 10.2 Å². The molecule has 3 rings (SSSR count). The Balaban J connectivity index is 1.67. The Hall–Kier alpha value is -0.800. The number of nitrogens with zero attached hydrogens (tertiary/aromatic N) is 1. The zero-order chi connectivity index (χ0) is 12.5. The summed E-state index contributed by atoms with van der Waals surface area (Å²) in [6.45, 7) is 2.37. The molecule has 0 bridgehead atoms. The molecule has 2 aliphatic heterocycles. The molecular weight excluding hydrogens is 251 g/mol. The van der Waals surface area contributed by atoms with E-state index < -0.39 is 0 Å². The first-order chi connectivity index (χ1) is 8.72. The lowest BCUT2D eigenvalue weighted by atomic mass is 9.97. The SMILES string of the molecule is Fc1ccc(Cl)cc1NC1CCN2CCCC2C1. The van der Waals surface area contributed by atoms with Crippen LogP contribution in [0.5, 0.6) is 0 Å². The molecule has 2 nitrogen and oxygen atoms in total. The summed E-state index contributed by atoms with van der Waals surface area (Å²) < 4.78 is 13.7. The van der Waals surface area contributed by atoms with E-state index in [1.54, 1.807) is 12.1 Å². The highest BCUT2D eigenvalue weighted by Crippen LogP contribution is 2.29. The van der Waals surface area contributed by atoms with Crippen molar-refractivity contribution in [3.63, 3.8) is 0 Å². The van der Waals surface area contributed by atoms with E-state index in [4.69, 9.17) is 11.6 Å². The summed E-state index contributed by atoms with van der Waals surface area (Å²) >= 11 is 5.91. The highest BCUT2D eigenvalue weighted by Gasteiger charge is 2.31. The number of hydrogen-bond acceptors (Lipinski definition) is 2. The molecule has 0 saturated carbocycles. The first kappa shape index (κ1) is 12.2. The highest BCUT2D eigenvalue weighted by atomic mass is 35.5. The highest BCUT2D eigenvalue weighted by molar-refractivity contribution is 6.30. The van der Waals surface area contributed by atoms with Gasteiger partial charge in [0.2, 0.25) is 0 Å². The van der Waals surface area contributed by atoms with Crippen LogP contribution in [0.15, 0.2) is 18.2 Å². The van der Waals surface area contributed by atoms with Crippen LogP contribution in [0.1, 0.15) is 25.7 Å². The van der Waals surface area contributed by atoms with Crippen molar-refractivity contribution in [2.24, 2.45) is 0 Å². The second-order valence-electron chi connectivity index (χ2n) is 5.32.